The van der Waals surface area contributed by atoms with Gasteiger partial charge in [0.15, 0.2) is 0 Å². The van der Waals surface area contributed by atoms with Gasteiger partial charge in [0.2, 0.25) is 0 Å². The van der Waals surface area contributed by atoms with Crippen molar-refractivity contribution in [2.24, 2.45) is 0 Å². The molecule has 0 spiro atoms. The van der Waals surface area contributed by atoms with Crippen LogP contribution in [0.2, 0.25) is 0 Å². The second kappa shape index (κ2) is 4.87. The van der Waals surface area contributed by atoms with Crippen molar-refractivity contribution < 1.29 is 9.31 Å². The van der Waals surface area contributed by atoms with E-state index in [0.29, 0.717) is 0 Å². The van der Waals surface area contributed by atoms with Crippen molar-refractivity contribution in [3.8, 4) is 0 Å². The molecule has 19 heavy (non-hydrogen) atoms. The molecule has 0 bridgehead atoms. The maximum Gasteiger partial charge on any atom is 0.498 e. The number of rotatable bonds is 3. The summed E-state index contributed by atoms with van der Waals surface area (Å²) in [5.41, 5.74) is 2.40. The minimum absolute atomic E-state index is 0.330. The Balaban J connectivity index is 2.44. The summed E-state index contributed by atoms with van der Waals surface area (Å²) in [6, 6.07) is 0. The molecule has 2 heterocycles. The van der Waals surface area contributed by atoms with Crippen molar-refractivity contribution >= 4 is 12.6 Å². The van der Waals surface area contributed by atoms with E-state index in [2.05, 4.69) is 51.5 Å². The molecule has 1 aliphatic heterocycles. The quantitative estimate of drug-likeness (QED) is 0.780. The van der Waals surface area contributed by atoms with E-state index in [1.54, 1.807) is 6.33 Å². The van der Waals surface area contributed by atoms with Crippen LogP contribution in [0, 0.1) is 0 Å². The summed E-state index contributed by atoms with van der Waals surface area (Å²) in [7, 11) is -0.365. The Morgan fingerprint density at radius 2 is 1.37 bits per heavy atom. The van der Waals surface area contributed by atoms with Crippen LogP contribution in [0.1, 0.15) is 52.9 Å². The Labute approximate surface area is 116 Å². The molecule has 4 nitrogen and oxygen atoms in total. The van der Waals surface area contributed by atoms with Crippen LogP contribution in [0.25, 0.3) is 0 Å². The average Bonchev–Trinajstić information content (AvgIpc) is 2.57. The topological polar surface area (TPSA) is 44.2 Å². The molecular formula is C14H23BN2O2. The van der Waals surface area contributed by atoms with Gasteiger partial charge in [0.25, 0.3) is 0 Å². The third-order valence-corrected chi connectivity index (χ3v) is 4.21. The molecule has 1 saturated heterocycles. The van der Waals surface area contributed by atoms with Gasteiger partial charge in [0, 0.05) is 16.9 Å². The van der Waals surface area contributed by atoms with Gasteiger partial charge in [0.05, 0.1) is 11.2 Å². The average molecular weight is 262 g/mol. The molecule has 2 rings (SSSR count). The molecule has 1 fully saturated rings. The van der Waals surface area contributed by atoms with Gasteiger partial charge < -0.3 is 9.31 Å². The highest BCUT2D eigenvalue weighted by atomic mass is 16.7. The van der Waals surface area contributed by atoms with E-state index in [-0.39, 0.29) is 18.3 Å². The minimum atomic E-state index is -0.365. The van der Waals surface area contributed by atoms with Crippen LogP contribution in [0.15, 0.2) is 6.33 Å². The molecule has 1 aromatic heterocycles. The number of aromatic nitrogens is 2. The normalized spacial score (nSPS) is 20.8. The Hall–Kier alpha value is -0.935. The van der Waals surface area contributed by atoms with Crippen molar-refractivity contribution in [3.05, 3.63) is 17.7 Å². The Morgan fingerprint density at radius 1 is 0.947 bits per heavy atom. The van der Waals surface area contributed by atoms with Crippen LogP contribution in [0.3, 0.4) is 0 Å². The largest absolute Gasteiger partial charge is 0.498 e. The SMILES string of the molecule is CCc1ncnc(CC)c1B1OC(C)(C)C(C)(C)O1. The first-order valence-electron chi connectivity index (χ1n) is 7.00. The van der Waals surface area contributed by atoms with Crippen LogP contribution in [0.4, 0.5) is 0 Å². The summed E-state index contributed by atoms with van der Waals surface area (Å²) < 4.78 is 12.3. The van der Waals surface area contributed by atoms with Gasteiger partial charge in [-0.3, -0.25) is 0 Å². The van der Waals surface area contributed by atoms with Gasteiger partial charge in [0.1, 0.15) is 6.33 Å². The smallest absolute Gasteiger partial charge is 0.399 e. The lowest BCUT2D eigenvalue weighted by molar-refractivity contribution is 0.00578. The molecule has 5 heteroatoms. The first-order chi connectivity index (χ1) is 8.82. The van der Waals surface area contributed by atoms with E-state index in [0.717, 1.165) is 29.7 Å². The molecule has 0 N–H and O–H groups in total. The van der Waals surface area contributed by atoms with E-state index in [9.17, 15) is 0 Å². The van der Waals surface area contributed by atoms with Crippen LogP contribution >= 0.6 is 0 Å². The summed E-state index contributed by atoms with van der Waals surface area (Å²) in [6.45, 7) is 12.4. The molecule has 0 saturated carbocycles. The predicted octanol–water partition coefficient (Wildman–Crippen LogP) is 1.90. The van der Waals surface area contributed by atoms with Crippen molar-refractivity contribution in [2.45, 2.75) is 65.6 Å². The van der Waals surface area contributed by atoms with E-state index < -0.39 is 0 Å². The van der Waals surface area contributed by atoms with Crippen LogP contribution in [0.5, 0.6) is 0 Å². The zero-order chi connectivity index (χ0) is 14.3. The van der Waals surface area contributed by atoms with Gasteiger partial charge in [-0.2, -0.15) is 0 Å². The first-order valence-corrected chi connectivity index (χ1v) is 7.00. The Morgan fingerprint density at radius 3 is 1.74 bits per heavy atom. The minimum Gasteiger partial charge on any atom is -0.399 e. The van der Waals surface area contributed by atoms with Crippen molar-refractivity contribution in [3.63, 3.8) is 0 Å². The highest BCUT2D eigenvalue weighted by Gasteiger charge is 2.52. The molecule has 0 atom stereocenters. The number of aryl methyl sites for hydroxylation is 2. The van der Waals surface area contributed by atoms with Gasteiger partial charge in [-0.25, -0.2) is 9.97 Å². The summed E-state index contributed by atoms with van der Waals surface area (Å²) >= 11 is 0. The van der Waals surface area contributed by atoms with Crippen molar-refractivity contribution in [1.82, 2.24) is 9.97 Å². The Bertz CT molecular complexity index is 436. The predicted molar refractivity (Wildman–Crippen MR) is 76.5 cm³/mol. The first kappa shape index (κ1) is 14.5. The summed E-state index contributed by atoms with van der Waals surface area (Å²) in [5.74, 6) is 0. The third kappa shape index (κ3) is 2.41. The molecule has 0 radical (unpaired) electrons. The van der Waals surface area contributed by atoms with Crippen LogP contribution in [-0.4, -0.2) is 28.3 Å². The highest BCUT2D eigenvalue weighted by molar-refractivity contribution is 6.63. The van der Waals surface area contributed by atoms with E-state index in [1.807, 2.05) is 0 Å². The molecule has 0 unspecified atom stereocenters. The second-order valence-electron chi connectivity index (χ2n) is 5.98. The zero-order valence-electron chi connectivity index (χ0n) is 12.8. The fourth-order valence-electron chi connectivity index (χ4n) is 2.27. The zero-order valence-corrected chi connectivity index (χ0v) is 12.8. The fraction of sp³-hybridized carbons (Fsp3) is 0.714. The second-order valence-corrected chi connectivity index (χ2v) is 5.98. The van der Waals surface area contributed by atoms with Gasteiger partial charge in [-0.15, -0.1) is 0 Å². The van der Waals surface area contributed by atoms with Crippen LogP contribution in [-0.2, 0) is 22.2 Å². The third-order valence-electron chi connectivity index (χ3n) is 4.21. The van der Waals surface area contributed by atoms with E-state index in [4.69, 9.17) is 9.31 Å². The van der Waals surface area contributed by atoms with Gasteiger partial charge in [-0.05, 0) is 40.5 Å². The number of hydrogen-bond acceptors (Lipinski definition) is 4. The van der Waals surface area contributed by atoms with Crippen LogP contribution < -0.4 is 5.46 Å². The molecule has 104 valence electrons. The molecular weight excluding hydrogens is 239 g/mol. The molecule has 1 aliphatic rings. The standard InChI is InChI=1S/C14H23BN2O2/c1-7-10-12(11(8-2)17-9-16-10)15-18-13(3,4)14(5,6)19-15/h9H,7-8H2,1-6H3. The lowest BCUT2D eigenvalue weighted by atomic mass is 9.75. The maximum absolute atomic E-state index is 6.13. The summed E-state index contributed by atoms with van der Waals surface area (Å²) in [4.78, 5) is 8.75. The molecule has 1 aromatic rings. The number of hydrogen-bond donors (Lipinski definition) is 0. The Kier molecular flexibility index (Phi) is 3.71. The lowest BCUT2D eigenvalue weighted by Crippen LogP contribution is -2.41. The molecule has 0 aromatic carbocycles. The van der Waals surface area contributed by atoms with Crippen molar-refractivity contribution in [2.75, 3.05) is 0 Å². The number of nitrogens with zero attached hydrogens (tertiary/aromatic N) is 2. The lowest BCUT2D eigenvalue weighted by Gasteiger charge is -2.32. The summed E-state index contributed by atoms with van der Waals surface area (Å²) in [6.07, 6.45) is 3.34. The molecule has 0 amide bonds. The molecule has 0 aliphatic carbocycles. The maximum atomic E-state index is 6.13. The summed E-state index contributed by atoms with van der Waals surface area (Å²) in [5, 5.41) is 0. The monoisotopic (exact) mass is 262 g/mol. The fourth-order valence-corrected chi connectivity index (χ4v) is 2.27. The van der Waals surface area contributed by atoms with Gasteiger partial charge >= 0.3 is 7.12 Å². The highest BCUT2D eigenvalue weighted by Crippen LogP contribution is 2.36. The van der Waals surface area contributed by atoms with E-state index >= 15 is 0 Å². The van der Waals surface area contributed by atoms with Gasteiger partial charge in [-0.1, -0.05) is 13.8 Å². The van der Waals surface area contributed by atoms with Crippen molar-refractivity contribution in [1.29, 1.82) is 0 Å². The van der Waals surface area contributed by atoms with E-state index in [1.165, 1.54) is 0 Å².